The Hall–Kier alpha value is -2.04. The van der Waals surface area contributed by atoms with Crippen LogP contribution in [-0.2, 0) is 6.42 Å². The van der Waals surface area contributed by atoms with E-state index >= 15 is 0 Å². The molecule has 1 atom stereocenters. The number of ether oxygens (including phenoxy) is 1. The number of nitrogens with zero attached hydrogens (tertiary/aromatic N) is 3. The molecule has 4 nitrogen and oxygen atoms in total. The molecular weight excluding hydrogens is 358 g/mol. The van der Waals surface area contributed by atoms with Gasteiger partial charge in [0.2, 0.25) is 0 Å². The van der Waals surface area contributed by atoms with E-state index in [-0.39, 0.29) is 0 Å². The van der Waals surface area contributed by atoms with Crippen LogP contribution in [0.3, 0.4) is 0 Å². The Kier molecular flexibility index (Phi) is 7.07. The molecule has 0 aromatic heterocycles. The molecule has 0 spiro atoms. The average molecular weight is 394 g/mol. The molecule has 4 rings (SSSR count). The summed E-state index contributed by atoms with van der Waals surface area (Å²) < 4.78 is 5.28. The Morgan fingerprint density at radius 1 is 0.897 bits per heavy atom. The summed E-state index contributed by atoms with van der Waals surface area (Å²) in [4.78, 5) is 7.95. The molecule has 2 heterocycles. The third-order valence-corrected chi connectivity index (χ3v) is 6.53. The Labute approximate surface area is 176 Å². The van der Waals surface area contributed by atoms with Crippen LogP contribution in [0, 0.1) is 0 Å². The molecule has 2 aliphatic rings. The third-order valence-electron chi connectivity index (χ3n) is 6.53. The zero-order valence-electron chi connectivity index (χ0n) is 17.8. The molecule has 0 unspecified atom stereocenters. The molecule has 0 bridgehead atoms. The van der Waals surface area contributed by atoms with Crippen molar-refractivity contribution in [2.45, 2.75) is 31.7 Å². The zero-order valence-corrected chi connectivity index (χ0v) is 17.8. The van der Waals surface area contributed by atoms with Crippen molar-refractivity contribution >= 4 is 5.69 Å². The van der Waals surface area contributed by atoms with Crippen LogP contribution in [0.1, 0.15) is 24.8 Å². The maximum absolute atomic E-state index is 5.28. The topological polar surface area (TPSA) is 19.0 Å². The number of piperidine rings is 1. The molecule has 0 aliphatic carbocycles. The van der Waals surface area contributed by atoms with Crippen molar-refractivity contribution in [3.63, 3.8) is 0 Å². The van der Waals surface area contributed by atoms with Crippen LogP contribution in [0.25, 0.3) is 0 Å². The van der Waals surface area contributed by atoms with Crippen molar-refractivity contribution < 1.29 is 4.74 Å². The maximum atomic E-state index is 5.28. The van der Waals surface area contributed by atoms with Crippen LogP contribution in [-0.4, -0.2) is 68.8 Å². The standard InChI is InChI=1S/C25H35N3O/c1-29-25-13-11-23(12-14-25)27-17-19-28(20-18-27)24-10-6-16-26(21-24)15-5-9-22-7-3-2-4-8-22/h2-4,7-8,11-14,24H,5-6,9-10,15-21H2,1H3/t24-/m0/s1. The molecule has 2 aromatic rings. The molecule has 29 heavy (non-hydrogen) atoms. The van der Waals surface area contributed by atoms with Gasteiger partial charge in [0.15, 0.2) is 0 Å². The molecule has 0 saturated carbocycles. The van der Waals surface area contributed by atoms with Crippen LogP contribution in [0.2, 0.25) is 0 Å². The first-order chi connectivity index (χ1) is 14.3. The molecule has 156 valence electrons. The van der Waals surface area contributed by atoms with E-state index in [1.54, 1.807) is 7.11 Å². The van der Waals surface area contributed by atoms with E-state index < -0.39 is 0 Å². The highest BCUT2D eigenvalue weighted by Crippen LogP contribution is 2.23. The lowest BCUT2D eigenvalue weighted by Crippen LogP contribution is -2.55. The van der Waals surface area contributed by atoms with Gasteiger partial charge in [0, 0.05) is 44.5 Å². The van der Waals surface area contributed by atoms with Gasteiger partial charge in [-0.05, 0) is 68.6 Å². The summed E-state index contributed by atoms with van der Waals surface area (Å²) in [5.41, 5.74) is 2.78. The van der Waals surface area contributed by atoms with Crippen molar-refractivity contribution in [3.8, 4) is 5.75 Å². The van der Waals surface area contributed by atoms with Crippen LogP contribution >= 0.6 is 0 Å². The monoisotopic (exact) mass is 393 g/mol. The van der Waals surface area contributed by atoms with Crippen molar-refractivity contribution in [2.24, 2.45) is 0 Å². The fraction of sp³-hybridized carbons (Fsp3) is 0.520. The lowest BCUT2D eigenvalue weighted by molar-refractivity contribution is 0.0920. The summed E-state index contributed by atoms with van der Waals surface area (Å²) in [5.74, 6) is 0.932. The second kappa shape index (κ2) is 10.1. The summed E-state index contributed by atoms with van der Waals surface area (Å²) in [6.45, 7) is 8.35. The minimum Gasteiger partial charge on any atom is -0.497 e. The second-order valence-corrected chi connectivity index (χ2v) is 8.41. The van der Waals surface area contributed by atoms with Gasteiger partial charge >= 0.3 is 0 Å². The molecule has 4 heteroatoms. The van der Waals surface area contributed by atoms with Crippen molar-refractivity contribution in [1.29, 1.82) is 0 Å². The van der Waals surface area contributed by atoms with Crippen LogP contribution in [0.15, 0.2) is 54.6 Å². The highest BCUT2D eigenvalue weighted by molar-refractivity contribution is 5.49. The fourth-order valence-electron chi connectivity index (χ4n) is 4.82. The maximum Gasteiger partial charge on any atom is 0.119 e. The molecule has 0 N–H and O–H groups in total. The van der Waals surface area contributed by atoms with Gasteiger partial charge < -0.3 is 14.5 Å². The molecular formula is C25H35N3O. The molecule has 0 radical (unpaired) electrons. The van der Waals surface area contributed by atoms with Crippen molar-refractivity contribution in [3.05, 3.63) is 60.2 Å². The Balaban J connectivity index is 1.22. The first-order valence-corrected chi connectivity index (χ1v) is 11.2. The van der Waals surface area contributed by atoms with Gasteiger partial charge in [0.1, 0.15) is 5.75 Å². The van der Waals surface area contributed by atoms with E-state index in [4.69, 9.17) is 4.74 Å². The van der Waals surface area contributed by atoms with Gasteiger partial charge in [0.05, 0.1) is 7.11 Å². The SMILES string of the molecule is COc1ccc(N2CCN([C@H]3CCCN(CCCc4ccccc4)C3)CC2)cc1. The number of likely N-dealkylation sites (tertiary alicyclic amines) is 1. The zero-order chi connectivity index (χ0) is 19.9. The number of anilines is 1. The summed E-state index contributed by atoms with van der Waals surface area (Å²) in [6, 6.07) is 20.1. The number of methoxy groups -OCH3 is 1. The normalized spacial score (nSPS) is 21.3. The van der Waals surface area contributed by atoms with E-state index in [1.807, 2.05) is 0 Å². The fourth-order valence-corrected chi connectivity index (χ4v) is 4.82. The number of rotatable bonds is 7. The lowest BCUT2D eigenvalue weighted by atomic mass is 10.0. The van der Waals surface area contributed by atoms with Crippen LogP contribution in [0.5, 0.6) is 5.75 Å². The van der Waals surface area contributed by atoms with Gasteiger partial charge in [0.25, 0.3) is 0 Å². The highest BCUT2D eigenvalue weighted by Gasteiger charge is 2.28. The lowest BCUT2D eigenvalue weighted by Gasteiger charge is -2.44. The van der Waals surface area contributed by atoms with Crippen molar-refractivity contribution in [2.75, 3.05) is 57.8 Å². The van der Waals surface area contributed by atoms with E-state index in [1.165, 1.54) is 69.7 Å². The number of hydrogen-bond donors (Lipinski definition) is 0. The van der Waals surface area contributed by atoms with Gasteiger partial charge in [-0.3, -0.25) is 4.90 Å². The summed E-state index contributed by atoms with van der Waals surface area (Å²) in [6.07, 6.45) is 5.16. The number of piperazine rings is 1. The van der Waals surface area contributed by atoms with E-state index in [2.05, 4.69) is 69.3 Å². The first kappa shape index (κ1) is 20.2. The largest absolute Gasteiger partial charge is 0.497 e. The summed E-state index contributed by atoms with van der Waals surface area (Å²) >= 11 is 0. The third kappa shape index (κ3) is 5.52. The minimum atomic E-state index is 0.735. The average Bonchev–Trinajstić information content (AvgIpc) is 2.80. The Bertz CT molecular complexity index is 725. The highest BCUT2D eigenvalue weighted by atomic mass is 16.5. The molecule has 2 fully saturated rings. The predicted molar refractivity (Wildman–Crippen MR) is 121 cm³/mol. The number of benzene rings is 2. The summed E-state index contributed by atoms with van der Waals surface area (Å²) in [5, 5.41) is 0. The smallest absolute Gasteiger partial charge is 0.119 e. The molecule has 2 aromatic carbocycles. The molecule has 0 amide bonds. The van der Waals surface area contributed by atoms with Crippen LogP contribution < -0.4 is 9.64 Å². The van der Waals surface area contributed by atoms with E-state index in [0.717, 1.165) is 24.9 Å². The first-order valence-electron chi connectivity index (χ1n) is 11.2. The van der Waals surface area contributed by atoms with E-state index in [0.29, 0.717) is 0 Å². The van der Waals surface area contributed by atoms with Gasteiger partial charge in [-0.25, -0.2) is 0 Å². The summed E-state index contributed by atoms with van der Waals surface area (Å²) in [7, 11) is 1.73. The molecule has 2 saturated heterocycles. The van der Waals surface area contributed by atoms with Gasteiger partial charge in [-0.15, -0.1) is 0 Å². The number of hydrogen-bond acceptors (Lipinski definition) is 4. The predicted octanol–water partition coefficient (Wildman–Crippen LogP) is 3.91. The minimum absolute atomic E-state index is 0.735. The second-order valence-electron chi connectivity index (χ2n) is 8.41. The molecule has 2 aliphatic heterocycles. The van der Waals surface area contributed by atoms with Crippen LogP contribution in [0.4, 0.5) is 5.69 Å². The number of aryl methyl sites for hydroxylation is 1. The van der Waals surface area contributed by atoms with E-state index in [9.17, 15) is 0 Å². The Morgan fingerprint density at radius 2 is 1.66 bits per heavy atom. The Morgan fingerprint density at radius 3 is 2.38 bits per heavy atom. The quantitative estimate of drug-likeness (QED) is 0.710. The van der Waals surface area contributed by atoms with Gasteiger partial charge in [-0.1, -0.05) is 30.3 Å². The van der Waals surface area contributed by atoms with Gasteiger partial charge in [-0.2, -0.15) is 0 Å². The van der Waals surface area contributed by atoms with Crippen molar-refractivity contribution in [1.82, 2.24) is 9.80 Å².